The first-order valence-corrected chi connectivity index (χ1v) is 7.10. The van der Waals surface area contributed by atoms with Gasteiger partial charge in [-0.2, -0.15) is 0 Å². The quantitative estimate of drug-likeness (QED) is 0.585. The molecule has 0 atom stereocenters. The molecule has 2 aromatic rings. The van der Waals surface area contributed by atoms with Gasteiger partial charge in [0.2, 0.25) is 0 Å². The average Bonchev–Trinajstić information content (AvgIpc) is 2.43. The third-order valence-electron chi connectivity index (χ3n) is 2.57. The SMILES string of the molecule is O=C(O)C=CC=Cc1cccc(Oc2cc(Cl)cc(Cl)c2)c1. The van der Waals surface area contributed by atoms with Gasteiger partial charge in [-0.3, -0.25) is 0 Å². The average molecular weight is 335 g/mol. The molecule has 2 rings (SSSR count). The van der Waals surface area contributed by atoms with E-state index in [1.54, 1.807) is 36.4 Å². The van der Waals surface area contributed by atoms with Crippen LogP contribution < -0.4 is 4.74 Å². The fourth-order valence-electron chi connectivity index (χ4n) is 1.71. The number of allylic oxidation sites excluding steroid dienone is 2. The Morgan fingerprint density at radius 2 is 1.73 bits per heavy atom. The minimum Gasteiger partial charge on any atom is -0.478 e. The summed E-state index contributed by atoms with van der Waals surface area (Å²) in [4.78, 5) is 10.4. The molecule has 112 valence electrons. The zero-order chi connectivity index (χ0) is 15.9. The number of ether oxygens (including phenoxy) is 1. The molecule has 0 saturated carbocycles. The van der Waals surface area contributed by atoms with Crippen molar-refractivity contribution in [2.45, 2.75) is 0 Å². The van der Waals surface area contributed by atoms with Crippen LogP contribution in [0.2, 0.25) is 10.0 Å². The Hall–Kier alpha value is -2.23. The van der Waals surface area contributed by atoms with Gasteiger partial charge in [-0.1, -0.05) is 53.6 Å². The van der Waals surface area contributed by atoms with Crippen molar-refractivity contribution in [1.82, 2.24) is 0 Å². The summed E-state index contributed by atoms with van der Waals surface area (Å²) >= 11 is 11.9. The molecule has 0 radical (unpaired) electrons. The second-order valence-corrected chi connectivity index (χ2v) is 5.21. The number of hydrogen-bond donors (Lipinski definition) is 1. The molecular formula is C17H12Cl2O3. The van der Waals surface area contributed by atoms with Gasteiger partial charge in [-0.25, -0.2) is 4.79 Å². The van der Waals surface area contributed by atoms with Crippen LogP contribution in [0.4, 0.5) is 0 Å². The van der Waals surface area contributed by atoms with Crippen molar-refractivity contribution in [1.29, 1.82) is 0 Å². The highest BCUT2D eigenvalue weighted by Gasteiger charge is 2.01. The zero-order valence-electron chi connectivity index (χ0n) is 11.4. The van der Waals surface area contributed by atoms with E-state index < -0.39 is 5.97 Å². The first-order chi connectivity index (χ1) is 10.5. The van der Waals surface area contributed by atoms with Crippen LogP contribution in [0.15, 0.2) is 60.7 Å². The molecule has 0 spiro atoms. The van der Waals surface area contributed by atoms with Gasteiger partial charge in [-0.05, 0) is 35.9 Å². The molecule has 22 heavy (non-hydrogen) atoms. The molecule has 1 N–H and O–H groups in total. The number of hydrogen-bond acceptors (Lipinski definition) is 2. The first kappa shape index (κ1) is 16.1. The van der Waals surface area contributed by atoms with Gasteiger partial charge in [0.25, 0.3) is 0 Å². The van der Waals surface area contributed by atoms with Gasteiger partial charge in [0.1, 0.15) is 11.5 Å². The van der Waals surface area contributed by atoms with Crippen LogP contribution in [-0.4, -0.2) is 11.1 Å². The first-order valence-electron chi connectivity index (χ1n) is 6.34. The zero-order valence-corrected chi connectivity index (χ0v) is 12.9. The van der Waals surface area contributed by atoms with Crippen molar-refractivity contribution < 1.29 is 14.6 Å². The Kier molecular flexibility index (Phi) is 5.64. The lowest BCUT2D eigenvalue weighted by atomic mass is 10.2. The normalized spacial score (nSPS) is 11.2. The Morgan fingerprint density at radius 3 is 2.41 bits per heavy atom. The molecule has 0 aliphatic heterocycles. The topological polar surface area (TPSA) is 46.5 Å². The summed E-state index contributed by atoms with van der Waals surface area (Å²) in [5.41, 5.74) is 0.876. The van der Waals surface area contributed by atoms with Crippen molar-refractivity contribution in [3.63, 3.8) is 0 Å². The minimum atomic E-state index is -0.987. The Balaban J connectivity index is 2.12. The third-order valence-corrected chi connectivity index (χ3v) is 3.00. The highest BCUT2D eigenvalue weighted by atomic mass is 35.5. The molecule has 0 aromatic heterocycles. The molecule has 0 aliphatic carbocycles. The second kappa shape index (κ2) is 7.69. The number of carboxylic acid groups (broad SMARTS) is 1. The molecule has 0 bridgehead atoms. The van der Waals surface area contributed by atoms with Crippen LogP contribution in [0.3, 0.4) is 0 Å². The number of carboxylic acids is 1. The van der Waals surface area contributed by atoms with E-state index in [4.69, 9.17) is 33.0 Å². The predicted molar refractivity (Wildman–Crippen MR) is 88.8 cm³/mol. The molecule has 0 fully saturated rings. The van der Waals surface area contributed by atoms with E-state index in [1.807, 2.05) is 18.2 Å². The number of benzene rings is 2. The summed E-state index contributed by atoms with van der Waals surface area (Å²) in [5, 5.41) is 9.50. The number of halogens is 2. The van der Waals surface area contributed by atoms with Crippen molar-refractivity contribution in [3.8, 4) is 11.5 Å². The van der Waals surface area contributed by atoms with Gasteiger partial charge < -0.3 is 9.84 Å². The largest absolute Gasteiger partial charge is 0.478 e. The van der Waals surface area contributed by atoms with Gasteiger partial charge in [0.05, 0.1) is 0 Å². The van der Waals surface area contributed by atoms with Crippen LogP contribution in [0.1, 0.15) is 5.56 Å². The summed E-state index contributed by atoms with van der Waals surface area (Å²) in [7, 11) is 0. The highest BCUT2D eigenvalue weighted by molar-refractivity contribution is 6.34. The van der Waals surface area contributed by atoms with Crippen LogP contribution in [0, 0.1) is 0 Å². The summed E-state index contributed by atoms with van der Waals surface area (Å²) in [6.45, 7) is 0. The van der Waals surface area contributed by atoms with Crippen LogP contribution in [0.5, 0.6) is 11.5 Å². The van der Waals surface area contributed by atoms with Crippen molar-refractivity contribution in [2.24, 2.45) is 0 Å². The lowest BCUT2D eigenvalue weighted by molar-refractivity contribution is -0.131. The molecule has 0 aliphatic rings. The Morgan fingerprint density at radius 1 is 1.00 bits per heavy atom. The number of rotatable bonds is 5. The molecule has 0 amide bonds. The lowest BCUT2D eigenvalue weighted by Crippen LogP contribution is -1.85. The molecule has 5 heteroatoms. The van der Waals surface area contributed by atoms with Crippen molar-refractivity contribution in [2.75, 3.05) is 0 Å². The molecule has 2 aromatic carbocycles. The third kappa shape index (κ3) is 5.28. The smallest absolute Gasteiger partial charge is 0.328 e. The van der Waals surface area contributed by atoms with Crippen LogP contribution >= 0.6 is 23.2 Å². The Labute approximate surface area is 138 Å². The van der Waals surface area contributed by atoms with E-state index in [2.05, 4.69) is 0 Å². The van der Waals surface area contributed by atoms with E-state index in [0.717, 1.165) is 11.6 Å². The summed E-state index contributed by atoms with van der Waals surface area (Å²) in [6, 6.07) is 12.3. The maximum Gasteiger partial charge on any atom is 0.328 e. The van der Waals surface area contributed by atoms with Crippen LogP contribution in [-0.2, 0) is 4.79 Å². The lowest BCUT2D eigenvalue weighted by Gasteiger charge is -2.07. The summed E-state index contributed by atoms with van der Waals surface area (Å²) in [5.74, 6) is 0.187. The van der Waals surface area contributed by atoms with Gasteiger partial charge in [0, 0.05) is 16.1 Å². The standard InChI is InChI=1S/C17H12Cl2O3/c18-13-9-14(19)11-16(10-13)22-15-6-3-5-12(8-15)4-1-2-7-17(20)21/h1-11H,(H,20,21). The molecule has 3 nitrogen and oxygen atoms in total. The maximum absolute atomic E-state index is 10.4. The van der Waals surface area contributed by atoms with E-state index in [-0.39, 0.29) is 0 Å². The number of carbonyl (C=O) groups is 1. The predicted octanol–water partition coefficient (Wildman–Crippen LogP) is 5.44. The molecule has 0 saturated heterocycles. The maximum atomic E-state index is 10.4. The summed E-state index contributed by atoms with van der Waals surface area (Å²) in [6.07, 6.45) is 5.93. The van der Waals surface area contributed by atoms with E-state index in [1.165, 1.54) is 6.08 Å². The van der Waals surface area contributed by atoms with Gasteiger partial charge >= 0.3 is 5.97 Å². The molecule has 0 unspecified atom stereocenters. The highest BCUT2D eigenvalue weighted by Crippen LogP contribution is 2.28. The Bertz CT molecular complexity index is 716. The fraction of sp³-hybridized carbons (Fsp3) is 0. The monoisotopic (exact) mass is 334 g/mol. The second-order valence-electron chi connectivity index (χ2n) is 4.34. The van der Waals surface area contributed by atoms with Crippen LogP contribution in [0.25, 0.3) is 6.08 Å². The van der Waals surface area contributed by atoms with E-state index in [9.17, 15) is 4.79 Å². The van der Waals surface area contributed by atoms with Gasteiger partial charge in [-0.15, -0.1) is 0 Å². The van der Waals surface area contributed by atoms with Gasteiger partial charge in [0.15, 0.2) is 0 Å². The number of aliphatic carboxylic acids is 1. The summed E-state index contributed by atoms with van der Waals surface area (Å²) < 4.78 is 5.71. The fourth-order valence-corrected chi connectivity index (χ4v) is 2.22. The molecular weight excluding hydrogens is 323 g/mol. The van der Waals surface area contributed by atoms with E-state index in [0.29, 0.717) is 21.5 Å². The molecule has 0 heterocycles. The van der Waals surface area contributed by atoms with Crippen molar-refractivity contribution >= 4 is 35.2 Å². The minimum absolute atomic E-state index is 0.498. The van der Waals surface area contributed by atoms with E-state index >= 15 is 0 Å². The van der Waals surface area contributed by atoms with Crippen molar-refractivity contribution in [3.05, 3.63) is 76.3 Å².